The number of hydrogen-bond donors (Lipinski definition) is 1. The van der Waals surface area contributed by atoms with Gasteiger partial charge in [-0.15, -0.1) is 0 Å². The maximum atomic E-state index is 5.64. The van der Waals surface area contributed by atoms with Crippen molar-refractivity contribution in [1.82, 2.24) is 0 Å². The molecule has 2 nitrogen and oxygen atoms in total. The van der Waals surface area contributed by atoms with Crippen LogP contribution in [0.5, 0.6) is 0 Å². The summed E-state index contributed by atoms with van der Waals surface area (Å²) in [5, 5.41) is 0. The van der Waals surface area contributed by atoms with E-state index in [-0.39, 0.29) is 6.10 Å². The Kier molecular flexibility index (Phi) is 2.97. The Morgan fingerprint density at radius 1 is 1.58 bits per heavy atom. The van der Waals surface area contributed by atoms with Crippen molar-refractivity contribution in [3.8, 4) is 0 Å². The smallest absolute Gasteiger partial charge is 0.0922 e. The molecule has 1 aliphatic rings. The highest BCUT2D eigenvalue weighted by molar-refractivity contribution is 5.32. The minimum atomic E-state index is 0.234. The predicted octanol–water partition coefficient (Wildman–Crippen LogP) is 2.10. The normalized spacial score (nSPS) is 19.9. The van der Waals surface area contributed by atoms with Crippen molar-refractivity contribution >= 4 is 0 Å². The molecule has 0 radical (unpaired) electrons. The Hall–Kier alpha value is -1.18. The van der Waals surface area contributed by atoms with Gasteiger partial charge in [-0.05, 0) is 25.5 Å². The quantitative estimate of drug-likeness (QED) is 0.636. The minimum Gasteiger partial charge on any atom is -0.498 e. The molecule has 0 aromatic rings. The second-order valence-electron chi connectivity index (χ2n) is 3.16. The summed E-state index contributed by atoms with van der Waals surface area (Å²) in [6, 6.07) is 0. The molecule has 0 heterocycles. The van der Waals surface area contributed by atoms with E-state index in [0.29, 0.717) is 0 Å². The van der Waals surface area contributed by atoms with Gasteiger partial charge in [0.15, 0.2) is 0 Å². The van der Waals surface area contributed by atoms with Crippen LogP contribution in [0.15, 0.2) is 35.8 Å². The molecule has 0 aliphatic heterocycles. The highest BCUT2D eigenvalue weighted by Crippen LogP contribution is 2.14. The predicted molar refractivity (Wildman–Crippen MR) is 50.3 cm³/mol. The van der Waals surface area contributed by atoms with Crippen molar-refractivity contribution < 1.29 is 4.74 Å². The summed E-state index contributed by atoms with van der Waals surface area (Å²) in [4.78, 5) is 0. The van der Waals surface area contributed by atoms with Crippen molar-refractivity contribution in [3.63, 3.8) is 0 Å². The summed E-state index contributed by atoms with van der Waals surface area (Å²) < 4.78 is 5.33. The van der Waals surface area contributed by atoms with Crippen LogP contribution < -0.4 is 5.73 Å². The average molecular weight is 165 g/mol. The minimum absolute atomic E-state index is 0.234. The Morgan fingerprint density at radius 3 is 2.92 bits per heavy atom. The monoisotopic (exact) mass is 165 g/mol. The van der Waals surface area contributed by atoms with Gasteiger partial charge in [0.1, 0.15) is 0 Å². The van der Waals surface area contributed by atoms with E-state index in [2.05, 4.69) is 0 Å². The van der Waals surface area contributed by atoms with Crippen LogP contribution in [0.4, 0.5) is 0 Å². The number of rotatable bonds is 2. The molecule has 0 amide bonds. The molecule has 0 spiro atoms. The van der Waals surface area contributed by atoms with Gasteiger partial charge in [0, 0.05) is 12.1 Å². The van der Waals surface area contributed by atoms with Crippen molar-refractivity contribution in [2.24, 2.45) is 5.73 Å². The van der Waals surface area contributed by atoms with Crippen LogP contribution in [0.2, 0.25) is 0 Å². The third-order valence-corrected chi connectivity index (χ3v) is 1.52. The Balaban J connectivity index is 2.50. The van der Waals surface area contributed by atoms with Crippen LogP contribution in [0.1, 0.15) is 20.3 Å². The summed E-state index contributed by atoms with van der Waals surface area (Å²) in [6.45, 7) is 4.01. The van der Waals surface area contributed by atoms with E-state index in [0.717, 1.165) is 17.7 Å². The molecule has 0 saturated heterocycles. The topological polar surface area (TPSA) is 35.2 Å². The Morgan fingerprint density at radius 2 is 2.33 bits per heavy atom. The average Bonchev–Trinajstić information content (AvgIpc) is 2.01. The van der Waals surface area contributed by atoms with E-state index in [9.17, 15) is 0 Å². The van der Waals surface area contributed by atoms with Gasteiger partial charge >= 0.3 is 0 Å². The van der Waals surface area contributed by atoms with E-state index < -0.39 is 0 Å². The molecule has 0 aromatic carbocycles. The molecule has 0 aromatic heterocycles. The number of allylic oxidation sites excluding steroid dienone is 4. The highest BCUT2D eigenvalue weighted by Gasteiger charge is 2.00. The lowest BCUT2D eigenvalue weighted by Gasteiger charge is -2.09. The molecule has 2 N–H and O–H groups in total. The van der Waals surface area contributed by atoms with Crippen LogP contribution in [-0.2, 0) is 4.74 Å². The zero-order valence-electron chi connectivity index (χ0n) is 7.58. The van der Waals surface area contributed by atoms with E-state index in [1.807, 2.05) is 32.1 Å². The third-order valence-electron chi connectivity index (χ3n) is 1.52. The molecule has 0 unspecified atom stereocenters. The van der Waals surface area contributed by atoms with Gasteiger partial charge in [-0.1, -0.05) is 12.2 Å². The molecule has 1 rings (SSSR count). The van der Waals surface area contributed by atoms with E-state index >= 15 is 0 Å². The SMILES string of the molecule is CC(C)OC=C1C=CC=C(N)C1. The van der Waals surface area contributed by atoms with Gasteiger partial charge < -0.3 is 10.5 Å². The van der Waals surface area contributed by atoms with Crippen molar-refractivity contribution in [1.29, 1.82) is 0 Å². The lowest BCUT2D eigenvalue weighted by atomic mass is 10.1. The highest BCUT2D eigenvalue weighted by atomic mass is 16.5. The van der Waals surface area contributed by atoms with E-state index in [1.165, 1.54) is 0 Å². The molecule has 2 heteroatoms. The van der Waals surface area contributed by atoms with Crippen LogP contribution in [0.3, 0.4) is 0 Å². The van der Waals surface area contributed by atoms with Gasteiger partial charge in [-0.2, -0.15) is 0 Å². The van der Waals surface area contributed by atoms with Gasteiger partial charge in [-0.25, -0.2) is 0 Å². The summed E-state index contributed by atoms with van der Waals surface area (Å²) >= 11 is 0. The van der Waals surface area contributed by atoms with Crippen LogP contribution >= 0.6 is 0 Å². The molecule has 1 aliphatic carbocycles. The fourth-order valence-electron chi connectivity index (χ4n) is 0.953. The zero-order valence-corrected chi connectivity index (χ0v) is 7.58. The lowest BCUT2D eigenvalue weighted by molar-refractivity contribution is 0.177. The van der Waals surface area contributed by atoms with Gasteiger partial charge in [0.25, 0.3) is 0 Å². The molecule has 0 atom stereocenters. The first-order valence-corrected chi connectivity index (χ1v) is 4.15. The maximum Gasteiger partial charge on any atom is 0.0922 e. The number of ether oxygens (including phenoxy) is 1. The van der Waals surface area contributed by atoms with E-state index in [4.69, 9.17) is 10.5 Å². The van der Waals surface area contributed by atoms with Crippen molar-refractivity contribution in [2.75, 3.05) is 0 Å². The van der Waals surface area contributed by atoms with E-state index in [1.54, 1.807) is 6.26 Å². The maximum absolute atomic E-state index is 5.64. The largest absolute Gasteiger partial charge is 0.498 e. The summed E-state index contributed by atoms with van der Waals surface area (Å²) in [6.07, 6.45) is 8.67. The second-order valence-corrected chi connectivity index (χ2v) is 3.16. The molecule has 12 heavy (non-hydrogen) atoms. The first kappa shape index (κ1) is 8.91. The standard InChI is InChI=1S/C10H15NO/c1-8(2)12-7-9-4-3-5-10(11)6-9/h3-5,7-8H,6,11H2,1-2H3. The summed E-state index contributed by atoms with van der Waals surface area (Å²) in [5.41, 5.74) is 7.66. The third kappa shape index (κ3) is 2.82. The summed E-state index contributed by atoms with van der Waals surface area (Å²) in [7, 11) is 0. The Labute approximate surface area is 73.4 Å². The van der Waals surface area contributed by atoms with Crippen molar-refractivity contribution in [2.45, 2.75) is 26.4 Å². The second kappa shape index (κ2) is 4.00. The van der Waals surface area contributed by atoms with Crippen molar-refractivity contribution in [3.05, 3.63) is 35.8 Å². The first-order chi connectivity index (χ1) is 5.68. The van der Waals surface area contributed by atoms with Gasteiger partial charge in [0.2, 0.25) is 0 Å². The molecule has 66 valence electrons. The molecular weight excluding hydrogens is 150 g/mol. The molecule has 0 saturated carbocycles. The van der Waals surface area contributed by atoms with Gasteiger partial charge in [-0.3, -0.25) is 0 Å². The fourth-order valence-corrected chi connectivity index (χ4v) is 0.953. The van der Waals surface area contributed by atoms with Crippen LogP contribution in [0, 0.1) is 0 Å². The first-order valence-electron chi connectivity index (χ1n) is 4.15. The number of nitrogens with two attached hydrogens (primary N) is 1. The fraction of sp³-hybridized carbons (Fsp3) is 0.400. The Bertz CT molecular complexity index is 236. The molecule has 0 bridgehead atoms. The summed E-state index contributed by atoms with van der Waals surface area (Å²) in [5.74, 6) is 0. The number of hydrogen-bond acceptors (Lipinski definition) is 2. The van der Waals surface area contributed by atoms with Crippen LogP contribution in [0.25, 0.3) is 0 Å². The van der Waals surface area contributed by atoms with Gasteiger partial charge in [0.05, 0.1) is 12.4 Å². The lowest BCUT2D eigenvalue weighted by Crippen LogP contribution is -2.02. The molecular formula is C10H15NO. The zero-order chi connectivity index (χ0) is 8.97. The van der Waals surface area contributed by atoms with Crippen LogP contribution in [-0.4, -0.2) is 6.10 Å². The molecule has 0 fully saturated rings.